The zero-order chi connectivity index (χ0) is 11.5. The van der Waals surface area contributed by atoms with Crippen LogP contribution in [0.1, 0.15) is 25.1 Å². The largest absolute Gasteiger partial charge is 0.319 e. The number of aromatic nitrogens is 2. The second-order valence-corrected chi connectivity index (χ2v) is 4.76. The van der Waals surface area contributed by atoms with Crippen LogP contribution in [0.15, 0.2) is 12.3 Å². The second-order valence-electron chi connectivity index (χ2n) is 4.76. The summed E-state index contributed by atoms with van der Waals surface area (Å²) in [6.45, 7) is 5.82. The van der Waals surface area contributed by atoms with Crippen LogP contribution < -0.4 is 5.32 Å². The molecule has 2 unspecified atom stereocenters. The summed E-state index contributed by atoms with van der Waals surface area (Å²) in [5.41, 5.74) is 1.31. The van der Waals surface area contributed by atoms with Gasteiger partial charge in [0.05, 0.1) is 5.69 Å². The van der Waals surface area contributed by atoms with Gasteiger partial charge in [0.2, 0.25) is 0 Å². The molecule has 1 aliphatic rings. The predicted molar refractivity (Wildman–Crippen MR) is 65.2 cm³/mol. The average Bonchev–Trinajstić information content (AvgIpc) is 2.87. The Bertz CT molecular complexity index is 334. The van der Waals surface area contributed by atoms with Crippen molar-refractivity contribution in [2.75, 3.05) is 26.7 Å². The highest BCUT2D eigenvalue weighted by molar-refractivity contribution is 5.06. The molecule has 0 radical (unpaired) electrons. The van der Waals surface area contributed by atoms with E-state index >= 15 is 0 Å². The van der Waals surface area contributed by atoms with Crippen molar-refractivity contribution in [1.82, 2.24) is 20.0 Å². The Morgan fingerprint density at radius 2 is 2.44 bits per heavy atom. The molecule has 0 spiro atoms. The molecule has 2 rings (SSSR count). The molecule has 0 aromatic carbocycles. The van der Waals surface area contributed by atoms with Crippen LogP contribution in [-0.2, 0) is 7.05 Å². The predicted octanol–water partition coefficient (Wildman–Crippen LogP) is 1.02. The van der Waals surface area contributed by atoms with Crippen molar-refractivity contribution < 1.29 is 0 Å². The van der Waals surface area contributed by atoms with Gasteiger partial charge in [-0.2, -0.15) is 5.10 Å². The standard InChI is InChI=1S/C12H22N4/c1-10(12-4-6-14-15(12)3)16-7-5-11(9-16)8-13-2/h4,6,10-11,13H,5,7-9H2,1-3H3. The van der Waals surface area contributed by atoms with Crippen molar-refractivity contribution in [2.45, 2.75) is 19.4 Å². The first-order valence-electron chi connectivity index (χ1n) is 6.09. The number of aryl methyl sites for hydroxylation is 1. The third-order valence-corrected chi connectivity index (χ3v) is 3.64. The number of nitrogens with zero attached hydrogens (tertiary/aromatic N) is 3. The average molecular weight is 222 g/mol. The van der Waals surface area contributed by atoms with Gasteiger partial charge in [0.1, 0.15) is 0 Å². The summed E-state index contributed by atoms with van der Waals surface area (Å²) in [7, 11) is 4.06. The maximum absolute atomic E-state index is 4.24. The molecule has 16 heavy (non-hydrogen) atoms. The summed E-state index contributed by atoms with van der Waals surface area (Å²) in [5, 5.41) is 7.51. The van der Waals surface area contributed by atoms with E-state index in [1.165, 1.54) is 25.2 Å². The smallest absolute Gasteiger partial charge is 0.0549 e. The zero-order valence-corrected chi connectivity index (χ0v) is 10.5. The van der Waals surface area contributed by atoms with Crippen LogP contribution in [0.3, 0.4) is 0 Å². The fraction of sp³-hybridized carbons (Fsp3) is 0.750. The molecule has 0 aliphatic carbocycles. The van der Waals surface area contributed by atoms with Gasteiger partial charge in [-0.1, -0.05) is 0 Å². The van der Waals surface area contributed by atoms with E-state index < -0.39 is 0 Å². The molecule has 1 aromatic heterocycles. The first-order chi connectivity index (χ1) is 7.72. The molecule has 4 heteroatoms. The summed E-state index contributed by atoms with van der Waals surface area (Å²) in [6.07, 6.45) is 3.19. The van der Waals surface area contributed by atoms with E-state index in [4.69, 9.17) is 0 Å². The first-order valence-corrected chi connectivity index (χ1v) is 6.09. The van der Waals surface area contributed by atoms with Crippen molar-refractivity contribution in [3.05, 3.63) is 18.0 Å². The maximum Gasteiger partial charge on any atom is 0.0549 e. The Morgan fingerprint density at radius 1 is 1.62 bits per heavy atom. The van der Waals surface area contributed by atoms with Gasteiger partial charge in [0.25, 0.3) is 0 Å². The molecule has 4 nitrogen and oxygen atoms in total. The molecule has 1 aliphatic heterocycles. The van der Waals surface area contributed by atoms with E-state index in [0.29, 0.717) is 6.04 Å². The second kappa shape index (κ2) is 4.97. The van der Waals surface area contributed by atoms with Gasteiger partial charge in [-0.15, -0.1) is 0 Å². The normalized spacial score (nSPS) is 23.8. The third-order valence-electron chi connectivity index (χ3n) is 3.64. The number of hydrogen-bond acceptors (Lipinski definition) is 3. The Hall–Kier alpha value is -0.870. The quantitative estimate of drug-likeness (QED) is 0.826. The molecule has 0 bridgehead atoms. The van der Waals surface area contributed by atoms with Crippen molar-refractivity contribution in [3.63, 3.8) is 0 Å². The van der Waals surface area contributed by atoms with Gasteiger partial charge in [0.15, 0.2) is 0 Å². The van der Waals surface area contributed by atoms with Crippen molar-refractivity contribution in [2.24, 2.45) is 13.0 Å². The van der Waals surface area contributed by atoms with E-state index in [9.17, 15) is 0 Å². The van der Waals surface area contributed by atoms with Gasteiger partial charge in [-0.05, 0) is 45.5 Å². The van der Waals surface area contributed by atoms with Gasteiger partial charge >= 0.3 is 0 Å². The van der Waals surface area contributed by atoms with Gasteiger partial charge in [-0.3, -0.25) is 9.58 Å². The number of nitrogens with one attached hydrogen (secondary N) is 1. The Kier molecular flexibility index (Phi) is 3.61. The monoisotopic (exact) mass is 222 g/mol. The van der Waals surface area contributed by atoms with Crippen LogP contribution in [0, 0.1) is 5.92 Å². The molecule has 0 amide bonds. The fourth-order valence-electron chi connectivity index (χ4n) is 2.65. The zero-order valence-electron chi connectivity index (χ0n) is 10.5. The van der Waals surface area contributed by atoms with E-state index in [2.05, 4.69) is 28.3 Å². The number of likely N-dealkylation sites (tertiary alicyclic amines) is 1. The van der Waals surface area contributed by atoms with Gasteiger partial charge < -0.3 is 5.32 Å². The van der Waals surface area contributed by atoms with Crippen LogP contribution in [0.2, 0.25) is 0 Å². The van der Waals surface area contributed by atoms with Crippen LogP contribution >= 0.6 is 0 Å². The highest BCUT2D eigenvalue weighted by Crippen LogP contribution is 2.26. The summed E-state index contributed by atoms with van der Waals surface area (Å²) < 4.78 is 1.98. The van der Waals surface area contributed by atoms with Crippen molar-refractivity contribution in [3.8, 4) is 0 Å². The minimum absolute atomic E-state index is 0.481. The molecule has 1 aromatic rings. The molecule has 2 heterocycles. The Balaban J connectivity index is 1.97. The molecular weight excluding hydrogens is 200 g/mol. The van der Waals surface area contributed by atoms with Crippen LogP contribution in [-0.4, -0.2) is 41.4 Å². The highest BCUT2D eigenvalue weighted by atomic mass is 15.3. The lowest BCUT2D eigenvalue weighted by Gasteiger charge is -2.24. The topological polar surface area (TPSA) is 33.1 Å². The van der Waals surface area contributed by atoms with Gasteiger partial charge in [0, 0.05) is 25.8 Å². The van der Waals surface area contributed by atoms with Gasteiger partial charge in [-0.25, -0.2) is 0 Å². The van der Waals surface area contributed by atoms with Crippen LogP contribution in [0.4, 0.5) is 0 Å². The number of rotatable bonds is 4. The molecule has 1 N–H and O–H groups in total. The minimum atomic E-state index is 0.481. The lowest BCUT2D eigenvalue weighted by atomic mass is 10.1. The highest BCUT2D eigenvalue weighted by Gasteiger charge is 2.27. The van der Waals surface area contributed by atoms with Crippen LogP contribution in [0.25, 0.3) is 0 Å². The SMILES string of the molecule is CNCC1CCN(C(C)c2ccnn2C)C1. The Labute approximate surface area is 97.6 Å². The van der Waals surface area contributed by atoms with E-state index in [0.717, 1.165) is 12.5 Å². The maximum atomic E-state index is 4.24. The van der Waals surface area contributed by atoms with Crippen molar-refractivity contribution >= 4 is 0 Å². The van der Waals surface area contributed by atoms with Crippen LogP contribution in [0.5, 0.6) is 0 Å². The van der Waals surface area contributed by atoms with E-state index in [1.807, 2.05) is 25.0 Å². The molecule has 1 saturated heterocycles. The molecule has 2 atom stereocenters. The lowest BCUT2D eigenvalue weighted by molar-refractivity contribution is 0.242. The molecule has 90 valence electrons. The fourth-order valence-corrected chi connectivity index (χ4v) is 2.65. The third kappa shape index (κ3) is 2.28. The molecule has 1 fully saturated rings. The first kappa shape index (κ1) is 11.6. The molecule has 0 saturated carbocycles. The minimum Gasteiger partial charge on any atom is -0.319 e. The van der Waals surface area contributed by atoms with E-state index in [1.54, 1.807) is 0 Å². The summed E-state index contributed by atoms with van der Waals surface area (Å²) in [4.78, 5) is 2.55. The lowest BCUT2D eigenvalue weighted by Crippen LogP contribution is -2.28. The van der Waals surface area contributed by atoms with E-state index in [-0.39, 0.29) is 0 Å². The van der Waals surface area contributed by atoms with Crippen molar-refractivity contribution in [1.29, 1.82) is 0 Å². The number of hydrogen-bond donors (Lipinski definition) is 1. The summed E-state index contributed by atoms with van der Waals surface area (Å²) in [5.74, 6) is 0.806. The summed E-state index contributed by atoms with van der Waals surface area (Å²) >= 11 is 0. The Morgan fingerprint density at radius 3 is 3.06 bits per heavy atom. The molecular formula is C12H22N4. The summed E-state index contributed by atoms with van der Waals surface area (Å²) in [6, 6.07) is 2.60.